The molecular weight excluding hydrogens is 434 g/mol. The third kappa shape index (κ3) is 6.15. The molecule has 4 rings (SSSR count). The van der Waals surface area contributed by atoms with Gasteiger partial charge in [0, 0.05) is 36.8 Å². The average Bonchev–Trinajstić information content (AvgIpc) is 3.31. The van der Waals surface area contributed by atoms with Crippen LogP contribution in [0.3, 0.4) is 0 Å². The summed E-state index contributed by atoms with van der Waals surface area (Å²) < 4.78 is 11.3. The Labute approximate surface area is 203 Å². The first-order valence-electron chi connectivity index (χ1n) is 11.7. The summed E-state index contributed by atoms with van der Waals surface area (Å²) >= 11 is 4.15. The molecule has 7 heteroatoms. The smallest absolute Gasteiger partial charge is 0.145 e. The van der Waals surface area contributed by atoms with Crippen LogP contribution in [0.15, 0.2) is 41.3 Å². The zero-order chi connectivity index (χ0) is 23.8. The minimum atomic E-state index is -0.418. The van der Waals surface area contributed by atoms with Crippen LogP contribution in [0, 0.1) is 0 Å². The van der Waals surface area contributed by atoms with Gasteiger partial charge < -0.3 is 30.2 Å². The number of nitrogens with zero attached hydrogens (tertiary/aromatic N) is 1. The van der Waals surface area contributed by atoms with Crippen molar-refractivity contribution in [3.63, 3.8) is 0 Å². The van der Waals surface area contributed by atoms with Gasteiger partial charge in [-0.25, -0.2) is 0 Å². The number of nitrogens with two attached hydrogens (primary N) is 1. The maximum atomic E-state index is 11.9. The molecule has 1 aliphatic heterocycles. The predicted molar refractivity (Wildman–Crippen MR) is 138 cm³/mol. The lowest BCUT2D eigenvalue weighted by Gasteiger charge is -2.32. The highest BCUT2D eigenvalue weighted by Gasteiger charge is 2.38. The van der Waals surface area contributed by atoms with Gasteiger partial charge in [0.25, 0.3) is 0 Å². The van der Waals surface area contributed by atoms with E-state index in [2.05, 4.69) is 29.9 Å². The Bertz CT molecular complexity index is 923. The number of aldehydes is 1. The number of anilines is 2. The van der Waals surface area contributed by atoms with Crippen molar-refractivity contribution >= 4 is 30.3 Å². The lowest BCUT2D eigenvalue weighted by Crippen LogP contribution is -2.36. The molecule has 0 amide bonds. The van der Waals surface area contributed by atoms with Crippen molar-refractivity contribution in [2.75, 3.05) is 45.3 Å². The number of carbonyl (C=O) groups excluding carboxylic acids is 1. The number of hydrogen-bond donors (Lipinski definition) is 3. The van der Waals surface area contributed by atoms with Gasteiger partial charge in [-0.1, -0.05) is 25.0 Å². The molecule has 3 N–H and O–H groups in total. The Kier molecular flexibility index (Phi) is 8.92. The van der Waals surface area contributed by atoms with Crippen LogP contribution < -0.4 is 20.5 Å². The molecule has 0 unspecified atom stereocenters. The lowest BCUT2D eigenvalue weighted by molar-refractivity contribution is -0.112. The number of benzene rings is 2. The van der Waals surface area contributed by atoms with Crippen LogP contribution in [0.2, 0.25) is 0 Å². The van der Waals surface area contributed by atoms with Gasteiger partial charge in [-0.3, -0.25) is 0 Å². The summed E-state index contributed by atoms with van der Waals surface area (Å²) in [4.78, 5) is 15.1. The van der Waals surface area contributed by atoms with E-state index in [0.717, 1.165) is 85.5 Å². The number of piperidine rings is 1. The van der Waals surface area contributed by atoms with Crippen LogP contribution in [-0.4, -0.2) is 51.6 Å². The molecule has 0 radical (unpaired) electrons. The van der Waals surface area contributed by atoms with Gasteiger partial charge in [0.1, 0.15) is 23.9 Å². The van der Waals surface area contributed by atoms with Crippen molar-refractivity contribution in [1.82, 2.24) is 4.90 Å². The fourth-order valence-electron chi connectivity index (χ4n) is 4.75. The molecule has 0 spiro atoms. The summed E-state index contributed by atoms with van der Waals surface area (Å²) in [6, 6.07) is 11.4. The number of ether oxygens (including phenoxy) is 2. The predicted octanol–water partition coefficient (Wildman–Crippen LogP) is 4.78. The van der Waals surface area contributed by atoms with Crippen LogP contribution in [0.1, 0.15) is 44.1 Å². The number of likely N-dealkylation sites (tertiary alicyclic amines) is 1. The molecule has 1 saturated heterocycles. The fraction of sp³-hybridized carbons (Fsp3) is 0.500. The second-order valence-corrected chi connectivity index (χ2v) is 9.45. The first-order chi connectivity index (χ1) is 15.9. The van der Waals surface area contributed by atoms with Gasteiger partial charge >= 0.3 is 0 Å². The largest absolute Gasteiger partial charge is 0.496 e. The molecule has 180 valence electrons. The van der Waals surface area contributed by atoms with E-state index in [1.807, 2.05) is 43.4 Å². The highest BCUT2D eigenvalue weighted by Crippen LogP contribution is 2.46. The molecule has 1 heterocycles. The van der Waals surface area contributed by atoms with E-state index in [1.165, 1.54) is 0 Å². The van der Waals surface area contributed by atoms with E-state index in [4.69, 9.17) is 15.2 Å². The van der Waals surface area contributed by atoms with Crippen LogP contribution >= 0.6 is 12.6 Å². The van der Waals surface area contributed by atoms with Crippen LogP contribution in [0.25, 0.3) is 0 Å². The van der Waals surface area contributed by atoms with Crippen LogP contribution in [-0.2, 0) is 10.2 Å². The van der Waals surface area contributed by atoms with Crippen molar-refractivity contribution in [1.29, 1.82) is 0 Å². The minimum Gasteiger partial charge on any atom is -0.496 e. The molecule has 0 bridgehead atoms. The number of hydrogen-bond acceptors (Lipinski definition) is 7. The number of carbonyl (C=O) groups is 1. The Morgan fingerprint density at radius 3 is 2.36 bits per heavy atom. The van der Waals surface area contributed by atoms with E-state index >= 15 is 0 Å². The molecule has 2 aromatic rings. The summed E-state index contributed by atoms with van der Waals surface area (Å²) in [5.41, 5.74) is 8.34. The van der Waals surface area contributed by atoms with Crippen molar-refractivity contribution in [2.24, 2.45) is 0 Å². The van der Waals surface area contributed by atoms with Gasteiger partial charge in [0.05, 0.1) is 18.2 Å². The maximum Gasteiger partial charge on any atom is 0.145 e. The molecule has 0 aromatic heterocycles. The first kappa shape index (κ1) is 25.2. The quantitative estimate of drug-likeness (QED) is 0.320. The molecule has 33 heavy (non-hydrogen) atoms. The second-order valence-electron chi connectivity index (χ2n) is 8.97. The van der Waals surface area contributed by atoms with E-state index in [-0.39, 0.29) is 6.10 Å². The molecule has 2 aromatic carbocycles. The number of thiol groups is 1. The third-order valence-corrected chi connectivity index (χ3v) is 7.05. The highest BCUT2D eigenvalue weighted by molar-refractivity contribution is 7.80. The Hall–Kier alpha value is -2.38. The zero-order valence-electron chi connectivity index (χ0n) is 20.0. The number of para-hydroxylation sites is 1. The zero-order valence-corrected chi connectivity index (χ0v) is 20.9. The Morgan fingerprint density at radius 2 is 1.82 bits per heavy atom. The monoisotopic (exact) mass is 471 g/mol. The summed E-state index contributed by atoms with van der Waals surface area (Å²) in [5.74, 6) is 1.61. The molecule has 1 saturated carbocycles. The Balaban J connectivity index is 0.000000286. The van der Waals surface area contributed by atoms with Crippen molar-refractivity contribution in [3.05, 3.63) is 42.0 Å². The Morgan fingerprint density at radius 1 is 1.15 bits per heavy atom. The lowest BCUT2D eigenvalue weighted by atomic mass is 9.79. The molecule has 1 aliphatic carbocycles. The summed E-state index contributed by atoms with van der Waals surface area (Å²) in [6.45, 7) is 2.10. The summed E-state index contributed by atoms with van der Waals surface area (Å²) in [6.07, 6.45) is 7.31. The van der Waals surface area contributed by atoms with Crippen LogP contribution in [0.4, 0.5) is 11.4 Å². The second kappa shape index (κ2) is 11.7. The van der Waals surface area contributed by atoms with E-state index in [1.54, 1.807) is 7.11 Å². The standard InChI is InChI=1S/C19H29N3O2.C7H8OS/c1-21-18-16(19(13-23)7-3-4-8-19)11-14(20)12-17(18)24-15-5-9-22(2)10-6-15;1-8-6-4-2-3-5-7(6)9/h11-13,15,21H,3-10,20H2,1-2H3;2-5,9H,1H3. The maximum absolute atomic E-state index is 11.9. The van der Waals surface area contributed by atoms with Crippen LogP contribution in [0.5, 0.6) is 11.5 Å². The van der Waals surface area contributed by atoms with E-state index in [0.29, 0.717) is 5.69 Å². The summed E-state index contributed by atoms with van der Waals surface area (Å²) in [5, 5.41) is 3.28. The number of nitrogen functional groups attached to an aromatic ring is 1. The molecule has 0 atom stereocenters. The summed E-state index contributed by atoms with van der Waals surface area (Å²) in [7, 11) is 5.67. The third-order valence-electron chi connectivity index (χ3n) is 6.68. The SMILES string of the molecule is CNc1c(OC2CCN(C)CC2)cc(N)cc1C1(C=O)CCCC1.COc1ccccc1S. The van der Waals surface area contributed by atoms with Gasteiger partial charge in [0.15, 0.2) is 0 Å². The highest BCUT2D eigenvalue weighted by atomic mass is 32.1. The van der Waals surface area contributed by atoms with E-state index in [9.17, 15) is 4.79 Å². The molecule has 2 fully saturated rings. The van der Waals surface area contributed by atoms with Gasteiger partial charge in [0.2, 0.25) is 0 Å². The van der Waals surface area contributed by atoms with Crippen molar-refractivity contribution in [3.8, 4) is 11.5 Å². The molecule has 6 nitrogen and oxygen atoms in total. The fourth-order valence-corrected chi connectivity index (χ4v) is 5.00. The van der Waals surface area contributed by atoms with Crippen molar-refractivity contribution < 1.29 is 14.3 Å². The van der Waals surface area contributed by atoms with Gasteiger partial charge in [-0.2, -0.15) is 0 Å². The topological polar surface area (TPSA) is 76.8 Å². The van der Waals surface area contributed by atoms with E-state index < -0.39 is 5.41 Å². The average molecular weight is 472 g/mol. The number of methoxy groups -OCH3 is 1. The van der Waals surface area contributed by atoms with Gasteiger partial charge in [-0.05, 0) is 56.5 Å². The molecule has 2 aliphatic rings. The molecular formula is C26H37N3O3S. The first-order valence-corrected chi connectivity index (χ1v) is 12.1. The number of rotatable bonds is 6. The normalized spacial score (nSPS) is 18.2. The van der Waals surface area contributed by atoms with Crippen molar-refractivity contribution in [2.45, 2.75) is 54.9 Å². The number of nitrogens with one attached hydrogen (secondary N) is 1. The van der Waals surface area contributed by atoms with Gasteiger partial charge in [-0.15, -0.1) is 12.6 Å². The minimum absolute atomic E-state index is 0.207.